The van der Waals surface area contributed by atoms with Crippen molar-refractivity contribution in [2.45, 2.75) is 51.1 Å². The van der Waals surface area contributed by atoms with Crippen molar-refractivity contribution in [1.82, 2.24) is 9.88 Å². The van der Waals surface area contributed by atoms with Crippen molar-refractivity contribution in [2.24, 2.45) is 0 Å². The Kier molecular flexibility index (Phi) is 6.35. The molecule has 4 nitrogen and oxygen atoms in total. The predicted molar refractivity (Wildman–Crippen MR) is 125 cm³/mol. The van der Waals surface area contributed by atoms with E-state index >= 15 is 0 Å². The molecule has 1 aromatic heterocycles. The number of methoxy groups -OCH3 is 1. The van der Waals surface area contributed by atoms with Gasteiger partial charge in [0.25, 0.3) is 0 Å². The van der Waals surface area contributed by atoms with Crippen LogP contribution in [0.1, 0.15) is 44.1 Å². The number of nitrogens with one attached hydrogen (secondary N) is 2. The number of hydrogen-bond donors (Lipinski definition) is 2. The monoisotopic (exact) mass is 407 g/mol. The fraction of sp³-hybridized carbons (Fsp3) is 0.375. The lowest BCUT2D eigenvalue weighted by atomic mass is 10.1. The third kappa shape index (κ3) is 4.56. The highest BCUT2D eigenvalue weighted by Gasteiger charge is 2.24. The number of aromatic nitrogens is 1. The second kappa shape index (κ2) is 9.31. The quantitative estimate of drug-likeness (QED) is 0.396. The summed E-state index contributed by atoms with van der Waals surface area (Å²) >= 11 is 5.93. The van der Waals surface area contributed by atoms with Crippen LogP contribution in [0.25, 0.3) is 10.9 Å². The van der Waals surface area contributed by atoms with Crippen molar-refractivity contribution in [3.05, 3.63) is 60.3 Å². The summed E-state index contributed by atoms with van der Waals surface area (Å²) in [7, 11) is 1.69. The van der Waals surface area contributed by atoms with Gasteiger partial charge in [0.2, 0.25) is 0 Å². The van der Waals surface area contributed by atoms with E-state index in [1.165, 1.54) is 55.0 Å². The zero-order valence-electron chi connectivity index (χ0n) is 17.0. The van der Waals surface area contributed by atoms with Gasteiger partial charge in [0.15, 0.2) is 5.11 Å². The number of para-hydroxylation sites is 3. The molecule has 0 spiro atoms. The standard InChI is InChI=1S/C24H29N3OS/c1-28-23-15-9-8-14-22(23)26-24(29)27(19-10-4-2-3-5-11-19)17-18-16-25-21-13-7-6-12-20(18)21/h6-9,12-16,19,25H,2-5,10-11,17H2,1H3,(H,26,29). The first-order valence-corrected chi connectivity index (χ1v) is 10.9. The number of nitrogens with zero attached hydrogens (tertiary/aromatic N) is 1. The highest BCUT2D eigenvalue weighted by Crippen LogP contribution is 2.28. The van der Waals surface area contributed by atoms with E-state index in [2.05, 4.69) is 45.7 Å². The molecule has 2 N–H and O–H groups in total. The summed E-state index contributed by atoms with van der Waals surface area (Å²) in [4.78, 5) is 5.80. The number of thiocarbonyl (C=S) groups is 1. The molecule has 0 radical (unpaired) electrons. The maximum absolute atomic E-state index is 5.93. The van der Waals surface area contributed by atoms with Gasteiger partial charge < -0.3 is 19.9 Å². The maximum atomic E-state index is 5.93. The number of hydrogen-bond acceptors (Lipinski definition) is 2. The second-order valence-corrected chi connectivity index (χ2v) is 8.15. The summed E-state index contributed by atoms with van der Waals surface area (Å²) in [6.07, 6.45) is 9.69. The number of benzene rings is 2. The molecular formula is C24H29N3OS. The van der Waals surface area contributed by atoms with E-state index in [1.807, 2.05) is 24.3 Å². The number of H-pyrrole nitrogens is 1. The molecule has 0 saturated heterocycles. The highest BCUT2D eigenvalue weighted by atomic mass is 32.1. The number of rotatable bonds is 5. The molecule has 2 aromatic carbocycles. The van der Waals surface area contributed by atoms with Gasteiger partial charge >= 0.3 is 0 Å². The molecule has 1 fully saturated rings. The van der Waals surface area contributed by atoms with Crippen LogP contribution < -0.4 is 10.1 Å². The van der Waals surface area contributed by atoms with Crippen molar-refractivity contribution in [3.8, 4) is 5.75 Å². The van der Waals surface area contributed by atoms with Crippen LogP contribution in [0, 0.1) is 0 Å². The molecule has 0 unspecified atom stereocenters. The second-order valence-electron chi connectivity index (χ2n) is 7.76. The Bertz CT molecular complexity index is 959. The molecule has 29 heavy (non-hydrogen) atoms. The first kappa shape index (κ1) is 19.8. The lowest BCUT2D eigenvalue weighted by Crippen LogP contribution is -2.42. The van der Waals surface area contributed by atoms with Gasteiger partial charge in [-0.3, -0.25) is 0 Å². The van der Waals surface area contributed by atoms with Gasteiger partial charge in [-0.15, -0.1) is 0 Å². The van der Waals surface area contributed by atoms with Crippen molar-refractivity contribution in [1.29, 1.82) is 0 Å². The molecule has 5 heteroatoms. The molecule has 1 heterocycles. The summed E-state index contributed by atoms with van der Waals surface area (Å²) in [5.74, 6) is 0.808. The fourth-order valence-electron chi connectivity index (χ4n) is 4.32. The van der Waals surface area contributed by atoms with Gasteiger partial charge in [-0.1, -0.05) is 56.0 Å². The lowest BCUT2D eigenvalue weighted by molar-refractivity contribution is 0.281. The van der Waals surface area contributed by atoms with E-state index < -0.39 is 0 Å². The van der Waals surface area contributed by atoms with E-state index in [4.69, 9.17) is 17.0 Å². The van der Waals surface area contributed by atoms with Crippen LogP contribution in [-0.4, -0.2) is 28.1 Å². The molecule has 4 rings (SSSR count). The van der Waals surface area contributed by atoms with Crippen LogP contribution in [0.5, 0.6) is 5.75 Å². The molecule has 3 aromatic rings. The zero-order valence-corrected chi connectivity index (χ0v) is 17.8. The van der Waals surface area contributed by atoms with E-state index in [0.29, 0.717) is 6.04 Å². The van der Waals surface area contributed by atoms with Gasteiger partial charge in [0.1, 0.15) is 5.75 Å². The Balaban J connectivity index is 1.61. The first-order valence-electron chi connectivity index (χ1n) is 10.5. The van der Waals surface area contributed by atoms with Crippen molar-refractivity contribution < 1.29 is 4.74 Å². The minimum Gasteiger partial charge on any atom is -0.495 e. The summed E-state index contributed by atoms with van der Waals surface area (Å²) in [6.45, 7) is 0.801. The Morgan fingerprint density at radius 3 is 2.59 bits per heavy atom. The van der Waals surface area contributed by atoms with Crippen molar-refractivity contribution >= 4 is 33.9 Å². The average molecular weight is 408 g/mol. The van der Waals surface area contributed by atoms with Gasteiger partial charge in [-0.05, 0) is 48.8 Å². The third-order valence-electron chi connectivity index (χ3n) is 5.89. The van der Waals surface area contributed by atoms with Gasteiger partial charge in [0.05, 0.1) is 12.8 Å². The predicted octanol–water partition coefficient (Wildman–Crippen LogP) is 6.10. The maximum Gasteiger partial charge on any atom is 0.174 e. The van der Waals surface area contributed by atoms with E-state index in [-0.39, 0.29) is 0 Å². The van der Waals surface area contributed by atoms with E-state index in [1.54, 1.807) is 7.11 Å². The number of anilines is 1. The van der Waals surface area contributed by atoms with Crippen LogP contribution >= 0.6 is 12.2 Å². The largest absolute Gasteiger partial charge is 0.495 e. The Labute approximate surface area is 178 Å². The Morgan fingerprint density at radius 2 is 1.79 bits per heavy atom. The zero-order chi connectivity index (χ0) is 20.1. The van der Waals surface area contributed by atoms with Crippen LogP contribution in [0.3, 0.4) is 0 Å². The third-order valence-corrected chi connectivity index (χ3v) is 6.23. The van der Waals surface area contributed by atoms with Gasteiger partial charge in [0, 0.05) is 29.7 Å². The molecule has 152 valence electrons. The summed E-state index contributed by atoms with van der Waals surface area (Å²) in [5.41, 5.74) is 3.37. The minimum absolute atomic E-state index is 0.459. The SMILES string of the molecule is COc1ccccc1NC(=S)N(Cc1c[nH]c2ccccc12)C1CCCCCC1. The van der Waals surface area contributed by atoms with Crippen LogP contribution in [-0.2, 0) is 6.54 Å². The first-order chi connectivity index (χ1) is 14.3. The molecule has 1 aliphatic carbocycles. The Hall–Kier alpha value is -2.53. The highest BCUT2D eigenvalue weighted by molar-refractivity contribution is 7.80. The summed E-state index contributed by atoms with van der Waals surface area (Å²) in [5, 5.41) is 5.50. The topological polar surface area (TPSA) is 40.3 Å². The molecule has 1 saturated carbocycles. The summed E-state index contributed by atoms with van der Waals surface area (Å²) < 4.78 is 5.51. The van der Waals surface area contributed by atoms with Gasteiger partial charge in [-0.2, -0.15) is 0 Å². The molecular weight excluding hydrogens is 378 g/mol. The Morgan fingerprint density at radius 1 is 1.07 bits per heavy atom. The number of aromatic amines is 1. The van der Waals surface area contributed by atoms with Crippen LogP contribution in [0.15, 0.2) is 54.7 Å². The average Bonchev–Trinajstić information content (AvgIpc) is 2.96. The fourth-order valence-corrected chi connectivity index (χ4v) is 4.64. The van der Waals surface area contributed by atoms with Gasteiger partial charge in [-0.25, -0.2) is 0 Å². The van der Waals surface area contributed by atoms with E-state index in [9.17, 15) is 0 Å². The molecule has 0 atom stereocenters. The van der Waals surface area contributed by atoms with Crippen LogP contribution in [0.2, 0.25) is 0 Å². The molecule has 0 aliphatic heterocycles. The van der Waals surface area contributed by atoms with Crippen molar-refractivity contribution in [2.75, 3.05) is 12.4 Å². The molecule has 0 amide bonds. The van der Waals surface area contributed by atoms with Crippen LogP contribution in [0.4, 0.5) is 5.69 Å². The van der Waals surface area contributed by atoms with E-state index in [0.717, 1.165) is 23.1 Å². The minimum atomic E-state index is 0.459. The normalized spacial score (nSPS) is 15.1. The summed E-state index contributed by atoms with van der Waals surface area (Å²) in [6, 6.07) is 16.9. The van der Waals surface area contributed by atoms with Crippen molar-refractivity contribution in [3.63, 3.8) is 0 Å². The molecule has 0 bridgehead atoms. The number of ether oxygens (including phenoxy) is 1. The smallest absolute Gasteiger partial charge is 0.174 e. The number of fused-ring (bicyclic) bond motifs is 1. The lowest BCUT2D eigenvalue weighted by Gasteiger charge is -2.34. The molecule has 1 aliphatic rings.